The minimum atomic E-state index is -0.393. The van der Waals surface area contributed by atoms with Crippen molar-refractivity contribution < 1.29 is 13.9 Å². The van der Waals surface area contributed by atoms with Gasteiger partial charge in [0.15, 0.2) is 4.80 Å². The summed E-state index contributed by atoms with van der Waals surface area (Å²) >= 11 is 1.27. The van der Waals surface area contributed by atoms with E-state index in [9.17, 15) is 9.18 Å². The molecule has 0 fully saturated rings. The molecule has 0 radical (unpaired) electrons. The molecule has 4 rings (SSSR count). The summed E-state index contributed by atoms with van der Waals surface area (Å²) in [5.41, 5.74) is 1.24. The third-order valence-electron chi connectivity index (χ3n) is 4.56. The number of hydrogen-bond donors (Lipinski definition) is 0. The highest BCUT2D eigenvalue weighted by Gasteiger charge is 2.17. The van der Waals surface area contributed by atoms with Crippen LogP contribution in [-0.2, 0) is 6.54 Å². The molecule has 3 aromatic carbocycles. The van der Waals surface area contributed by atoms with Crippen LogP contribution in [0.5, 0.6) is 5.75 Å². The van der Waals surface area contributed by atoms with Crippen LogP contribution in [0.15, 0.2) is 72.2 Å². The zero-order valence-electron chi connectivity index (χ0n) is 15.9. The Hall–Kier alpha value is -3.25. The van der Waals surface area contributed by atoms with Crippen molar-refractivity contribution in [2.75, 3.05) is 6.61 Å². The van der Waals surface area contributed by atoms with Crippen molar-refractivity contribution in [3.8, 4) is 5.75 Å². The molecule has 29 heavy (non-hydrogen) atoms. The van der Waals surface area contributed by atoms with Crippen molar-refractivity contribution in [3.63, 3.8) is 0 Å². The first kappa shape index (κ1) is 19.1. The predicted octanol–water partition coefficient (Wildman–Crippen LogP) is 5.32. The lowest BCUT2D eigenvalue weighted by Crippen LogP contribution is -2.16. The number of carbonyl (C=O) groups excluding carboxylic acids is 1. The van der Waals surface area contributed by atoms with Crippen molar-refractivity contribution in [3.05, 3.63) is 83.4 Å². The zero-order valence-corrected chi connectivity index (χ0v) is 16.7. The molecule has 4 aromatic rings. The van der Waals surface area contributed by atoms with E-state index >= 15 is 0 Å². The summed E-state index contributed by atoms with van der Waals surface area (Å²) in [5.74, 6) is -0.215. The number of aromatic nitrogens is 1. The van der Waals surface area contributed by atoms with Crippen molar-refractivity contribution in [2.24, 2.45) is 4.99 Å². The maximum absolute atomic E-state index is 13.7. The fourth-order valence-electron chi connectivity index (χ4n) is 3.33. The van der Waals surface area contributed by atoms with Gasteiger partial charge in [-0.15, -0.1) is 6.58 Å². The van der Waals surface area contributed by atoms with Crippen molar-refractivity contribution in [1.82, 2.24) is 4.57 Å². The van der Waals surface area contributed by atoms with Crippen LogP contribution in [0.2, 0.25) is 0 Å². The second kappa shape index (κ2) is 8.01. The Labute approximate surface area is 171 Å². The van der Waals surface area contributed by atoms with Gasteiger partial charge in [0, 0.05) is 6.54 Å². The van der Waals surface area contributed by atoms with Gasteiger partial charge in [-0.25, -0.2) is 4.39 Å². The maximum Gasteiger partial charge on any atom is 0.284 e. The molecule has 0 N–H and O–H groups in total. The van der Waals surface area contributed by atoms with Crippen LogP contribution in [-0.4, -0.2) is 17.1 Å². The van der Waals surface area contributed by atoms with Crippen LogP contribution in [0, 0.1) is 5.82 Å². The molecule has 6 heteroatoms. The van der Waals surface area contributed by atoms with Gasteiger partial charge in [0.2, 0.25) is 0 Å². The first-order chi connectivity index (χ1) is 14.1. The Balaban J connectivity index is 1.94. The monoisotopic (exact) mass is 406 g/mol. The van der Waals surface area contributed by atoms with Gasteiger partial charge in [0.05, 0.1) is 22.4 Å². The number of carbonyl (C=O) groups is 1. The number of halogens is 1. The number of benzene rings is 3. The Kier molecular flexibility index (Phi) is 5.27. The number of thiazole rings is 1. The maximum atomic E-state index is 13.7. The Morgan fingerprint density at radius 3 is 2.86 bits per heavy atom. The van der Waals surface area contributed by atoms with Gasteiger partial charge < -0.3 is 9.30 Å². The topological polar surface area (TPSA) is 43.6 Å². The van der Waals surface area contributed by atoms with Crippen molar-refractivity contribution in [2.45, 2.75) is 13.5 Å². The van der Waals surface area contributed by atoms with E-state index in [-0.39, 0.29) is 5.82 Å². The van der Waals surface area contributed by atoms with Gasteiger partial charge in [0.1, 0.15) is 11.6 Å². The van der Waals surface area contributed by atoms with E-state index in [1.54, 1.807) is 18.2 Å². The third-order valence-corrected chi connectivity index (χ3v) is 5.60. The number of rotatable bonds is 5. The molecule has 0 bridgehead atoms. The molecule has 0 saturated carbocycles. The summed E-state index contributed by atoms with van der Waals surface area (Å²) in [7, 11) is 0. The van der Waals surface area contributed by atoms with Crippen LogP contribution >= 0.6 is 11.3 Å². The molecule has 0 spiro atoms. The minimum Gasteiger partial charge on any atom is -0.493 e. The molecule has 1 amide bonds. The lowest BCUT2D eigenvalue weighted by molar-refractivity contribution is 0.0996. The summed E-state index contributed by atoms with van der Waals surface area (Å²) < 4.78 is 22.0. The molecular formula is C23H19FN2O2S. The second-order valence-corrected chi connectivity index (χ2v) is 7.41. The Bertz CT molecular complexity index is 1300. The molecule has 1 heterocycles. The van der Waals surface area contributed by atoms with Gasteiger partial charge in [0.25, 0.3) is 5.91 Å². The highest BCUT2D eigenvalue weighted by Crippen LogP contribution is 2.29. The highest BCUT2D eigenvalue weighted by atomic mass is 32.1. The predicted molar refractivity (Wildman–Crippen MR) is 115 cm³/mol. The number of allylic oxidation sites excluding steroid dienone is 1. The second-order valence-electron chi connectivity index (χ2n) is 6.41. The molecule has 1 aromatic heterocycles. The molecule has 0 aliphatic heterocycles. The molecule has 0 unspecified atom stereocenters. The van der Waals surface area contributed by atoms with Crippen molar-refractivity contribution in [1.29, 1.82) is 0 Å². The first-order valence-electron chi connectivity index (χ1n) is 9.25. The van der Waals surface area contributed by atoms with E-state index in [0.29, 0.717) is 29.3 Å². The molecular weight excluding hydrogens is 387 g/mol. The zero-order chi connectivity index (χ0) is 20.4. The van der Waals surface area contributed by atoms with E-state index in [1.807, 2.05) is 41.8 Å². The van der Waals surface area contributed by atoms with Gasteiger partial charge in [-0.2, -0.15) is 4.99 Å². The number of fused-ring (bicyclic) bond motifs is 2. The highest BCUT2D eigenvalue weighted by molar-refractivity contribution is 7.16. The van der Waals surface area contributed by atoms with E-state index < -0.39 is 5.91 Å². The quantitative estimate of drug-likeness (QED) is 0.421. The molecule has 0 saturated heterocycles. The normalized spacial score (nSPS) is 11.9. The molecule has 0 aliphatic carbocycles. The fourth-order valence-corrected chi connectivity index (χ4v) is 4.39. The Morgan fingerprint density at radius 2 is 2.07 bits per heavy atom. The number of amides is 1. The summed E-state index contributed by atoms with van der Waals surface area (Å²) in [6, 6.07) is 15.9. The largest absolute Gasteiger partial charge is 0.493 e. The van der Waals surface area contributed by atoms with Crippen LogP contribution in [0.25, 0.3) is 21.0 Å². The first-order valence-corrected chi connectivity index (χ1v) is 10.1. The molecule has 0 atom stereocenters. The third kappa shape index (κ3) is 3.59. The van der Waals surface area contributed by atoms with Crippen LogP contribution in [0.1, 0.15) is 17.3 Å². The average molecular weight is 406 g/mol. The standard InChI is InChI=1S/C23H19FN2O2S/c1-3-13-26-18-11-10-16(24)14-20(18)29-23(26)25-22(27)21-17-8-6-5-7-15(17)9-12-19(21)28-4-2/h3,5-12,14H,1,4,13H2,2H3. The smallest absolute Gasteiger partial charge is 0.284 e. The van der Waals surface area contributed by atoms with E-state index in [4.69, 9.17) is 4.74 Å². The Morgan fingerprint density at radius 1 is 1.24 bits per heavy atom. The van der Waals surface area contributed by atoms with E-state index in [0.717, 1.165) is 21.0 Å². The summed E-state index contributed by atoms with van der Waals surface area (Å²) in [6.45, 7) is 6.56. The fraction of sp³-hybridized carbons (Fsp3) is 0.130. The van der Waals surface area contributed by atoms with Crippen molar-refractivity contribution >= 4 is 38.2 Å². The molecule has 4 nitrogen and oxygen atoms in total. The summed E-state index contributed by atoms with van der Waals surface area (Å²) in [5, 5.41) is 1.72. The van der Waals surface area contributed by atoms with Gasteiger partial charge in [-0.05, 0) is 42.0 Å². The minimum absolute atomic E-state index is 0.324. The lowest BCUT2D eigenvalue weighted by Gasteiger charge is -2.10. The molecule has 146 valence electrons. The van der Waals surface area contributed by atoms with Crippen LogP contribution in [0.4, 0.5) is 4.39 Å². The summed E-state index contributed by atoms with van der Waals surface area (Å²) in [6.07, 6.45) is 1.72. The number of ether oxygens (including phenoxy) is 1. The van der Waals surface area contributed by atoms with Gasteiger partial charge in [-0.3, -0.25) is 4.79 Å². The van der Waals surface area contributed by atoms with E-state index in [1.165, 1.54) is 23.5 Å². The number of hydrogen-bond acceptors (Lipinski definition) is 3. The SMILES string of the molecule is C=CCn1c(=NC(=O)c2c(OCC)ccc3ccccc23)sc2cc(F)ccc21. The van der Waals surface area contributed by atoms with Crippen LogP contribution in [0.3, 0.4) is 0 Å². The van der Waals surface area contributed by atoms with Gasteiger partial charge >= 0.3 is 0 Å². The number of nitrogens with zero attached hydrogens (tertiary/aromatic N) is 2. The summed E-state index contributed by atoms with van der Waals surface area (Å²) in [4.78, 5) is 18.2. The van der Waals surface area contributed by atoms with Crippen LogP contribution < -0.4 is 9.54 Å². The molecule has 0 aliphatic rings. The van der Waals surface area contributed by atoms with E-state index in [2.05, 4.69) is 11.6 Å². The average Bonchev–Trinajstić information content (AvgIpc) is 3.04. The lowest BCUT2D eigenvalue weighted by atomic mass is 10.0. The van der Waals surface area contributed by atoms with Gasteiger partial charge in [-0.1, -0.05) is 47.7 Å².